The Morgan fingerprint density at radius 3 is 2.27 bits per heavy atom. The van der Waals surface area contributed by atoms with Crippen LogP contribution in [0.15, 0.2) is 40.6 Å². The highest BCUT2D eigenvalue weighted by molar-refractivity contribution is 6.12. The molecule has 0 amide bonds. The highest BCUT2D eigenvalue weighted by Crippen LogP contribution is 2.20. The largest absolute Gasteiger partial charge is 0.411 e. The molecule has 0 fully saturated rings. The van der Waals surface area contributed by atoms with E-state index in [9.17, 15) is 0 Å². The molecule has 4 nitrogen and oxygen atoms in total. The predicted molar refractivity (Wildman–Crippen MR) is 58.8 cm³/mol. The van der Waals surface area contributed by atoms with Crippen molar-refractivity contribution in [1.29, 1.82) is 0 Å². The van der Waals surface area contributed by atoms with E-state index in [0.29, 0.717) is 5.71 Å². The van der Waals surface area contributed by atoms with Crippen molar-refractivity contribution in [3.8, 4) is 0 Å². The van der Waals surface area contributed by atoms with E-state index in [4.69, 9.17) is 10.4 Å². The van der Waals surface area contributed by atoms with Gasteiger partial charge in [0.05, 0.1) is 11.9 Å². The Hall–Kier alpha value is -1.84. The van der Waals surface area contributed by atoms with E-state index in [-0.39, 0.29) is 0 Å². The van der Waals surface area contributed by atoms with Crippen LogP contribution >= 0.6 is 0 Å². The Kier molecular flexibility index (Phi) is 3.44. The van der Waals surface area contributed by atoms with Gasteiger partial charge in [-0.3, -0.25) is 0 Å². The van der Waals surface area contributed by atoms with Crippen LogP contribution in [0, 0.1) is 5.41 Å². The number of hydrogen-bond donors (Lipinski definition) is 2. The highest BCUT2D eigenvalue weighted by atomic mass is 16.4. The lowest BCUT2D eigenvalue weighted by atomic mass is 9.85. The number of oxime groups is 2. The first-order valence-corrected chi connectivity index (χ1v) is 4.58. The Labute approximate surface area is 88.5 Å². The second kappa shape index (κ2) is 4.59. The maximum absolute atomic E-state index is 8.99. The highest BCUT2D eigenvalue weighted by Gasteiger charge is 2.25. The van der Waals surface area contributed by atoms with Crippen LogP contribution in [-0.4, -0.2) is 22.3 Å². The monoisotopic (exact) mass is 206 g/mol. The van der Waals surface area contributed by atoms with E-state index in [1.54, 1.807) is 13.8 Å². The van der Waals surface area contributed by atoms with Crippen molar-refractivity contribution in [2.45, 2.75) is 13.8 Å². The molecule has 1 rings (SSSR count). The van der Waals surface area contributed by atoms with Gasteiger partial charge < -0.3 is 10.4 Å². The average Bonchev–Trinajstić information content (AvgIpc) is 2.19. The van der Waals surface area contributed by atoms with Crippen molar-refractivity contribution < 1.29 is 10.4 Å². The zero-order valence-electron chi connectivity index (χ0n) is 8.75. The van der Waals surface area contributed by atoms with Crippen LogP contribution in [0.3, 0.4) is 0 Å². The Bertz CT molecular complexity index is 369. The minimum absolute atomic E-state index is 0.459. The van der Waals surface area contributed by atoms with Gasteiger partial charge in [-0.15, -0.1) is 5.16 Å². The molecule has 0 aromatic heterocycles. The summed E-state index contributed by atoms with van der Waals surface area (Å²) in [4.78, 5) is 0. The lowest BCUT2D eigenvalue weighted by Gasteiger charge is -2.19. The van der Waals surface area contributed by atoms with Gasteiger partial charge in [-0.25, -0.2) is 0 Å². The fourth-order valence-electron chi connectivity index (χ4n) is 1.36. The van der Waals surface area contributed by atoms with E-state index < -0.39 is 5.41 Å². The Morgan fingerprint density at radius 2 is 1.80 bits per heavy atom. The van der Waals surface area contributed by atoms with Gasteiger partial charge in [-0.05, 0) is 13.8 Å². The fourth-order valence-corrected chi connectivity index (χ4v) is 1.36. The number of rotatable bonds is 3. The van der Waals surface area contributed by atoms with E-state index in [1.165, 1.54) is 6.21 Å². The number of nitrogens with zero attached hydrogens (tertiary/aromatic N) is 2. The maximum Gasteiger partial charge on any atom is 0.0978 e. The molecule has 0 atom stereocenters. The molecule has 0 aliphatic rings. The minimum Gasteiger partial charge on any atom is -0.411 e. The van der Waals surface area contributed by atoms with Crippen LogP contribution in [0.4, 0.5) is 0 Å². The van der Waals surface area contributed by atoms with E-state index in [1.807, 2.05) is 30.3 Å². The van der Waals surface area contributed by atoms with Crippen molar-refractivity contribution in [3.05, 3.63) is 35.9 Å². The lowest BCUT2D eigenvalue weighted by Crippen LogP contribution is -2.27. The van der Waals surface area contributed by atoms with E-state index in [0.717, 1.165) is 5.56 Å². The SMILES string of the molecule is CC(C)(/C=N/O)/C(=N/O)c1ccccc1. The lowest BCUT2D eigenvalue weighted by molar-refractivity contribution is 0.310. The molecular formula is C11H14N2O2. The summed E-state index contributed by atoms with van der Waals surface area (Å²) in [6, 6.07) is 9.26. The third-order valence-corrected chi connectivity index (χ3v) is 2.14. The van der Waals surface area contributed by atoms with E-state index in [2.05, 4.69) is 10.3 Å². The Morgan fingerprint density at radius 1 is 1.20 bits per heavy atom. The van der Waals surface area contributed by atoms with Crippen LogP contribution in [0.25, 0.3) is 0 Å². The van der Waals surface area contributed by atoms with E-state index >= 15 is 0 Å². The fraction of sp³-hybridized carbons (Fsp3) is 0.273. The summed E-state index contributed by atoms with van der Waals surface area (Å²) in [6.45, 7) is 3.60. The van der Waals surface area contributed by atoms with Gasteiger partial charge in [0.2, 0.25) is 0 Å². The molecule has 2 N–H and O–H groups in total. The molecule has 0 saturated heterocycles. The summed E-state index contributed by atoms with van der Waals surface area (Å²) < 4.78 is 0. The van der Waals surface area contributed by atoms with Crippen LogP contribution in [0.5, 0.6) is 0 Å². The van der Waals surface area contributed by atoms with Gasteiger partial charge in [-0.1, -0.05) is 35.5 Å². The molecule has 0 aliphatic carbocycles. The van der Waals surface area contributed by atoms with Crippen molar-refractivity contribution in [1.82, 2.24) is 0 Å². The second-order valence-corrected chi connectivity index (χ2v) is 3.78. The first-order valence-electron chi connectivity index (χ1n) is 4.58. The summed E-state index contributed by atoms with van der Waals surface area (Å²) in [6.07, 6.45) is 1.33. The molecule has 0 saturated carbocycles. The summed E-state index contributed by atoms with van der Waals surface area (Å²) in [5.74, 6) is 0. The summed E-state index contributed by atoms with van der Waals surface area (Å²) in [5, 5.41) is 23.8. The molecule has 1 aromatic carbocycles. The molecule has 4 heteroatoms. The van der Waals surface area contributed by atoms with Crippen LogP contribution in [0.1, 0.15) is 19.4 Å². The molecule has 15 heavy (non-hydrogen) atoms. The molecule has 0 unspecified atom stereocenters. The molecule has 80 valence electrons. The normalized spacial score (nSPS) is 13.3. The standard InChI is InChI=1S/C11H14N2O2/c1-11(2,8-12-14)10(13-15)9-6-4-3-5-7-9/h3-8,14-15H,1-2H3/b12-8+,13-10+. The van der Waals surface area contributed by atoms with Crippen molar-refractivity contribution in [3.63, 3.8) is 0 Å². The third kappa shape index (κ3) is 2.56. The van der Waals surface area contributed by atoms with Crippen LogP contribution in [0.2, 0.25) is 0 Å². The first-order chi connectivity index (χ1) is 7.11. The molecule has 0 bridgehead atoms. The Balaban J connectivity index is 3.12. The number of hydrogen-bond acceptors (Lipinski definition) is 4. The zero-order valence-corrected chi connectivity index (χ0v) is 8.75. The quantitative estimate of drug-likeness (QED) is 0.453. The number of benzene rings is 1. The summed E-state index contributed by atoms with van der Waals surface area (Å²) in [7, 11) is 0. The predicted octanol–water partition coefficient (Wildman–Crippen LogP) is 2.35. The molecule has 0 radical (unpaired) electrons. The van der Waals surface area contributed by atoms with Crippen molar-refractivity contribution in [2.75, 3.05) is 0 Å². The molecule has 1 aromatic rings. The van der Waals surface area contributed by atoms with Crippen molar-refractivity contribution in [2.24, 2.45) is 15.7 Å². The first kappa shape index (κ1) is 11.2. The van der Waals surface area contributed by atoms with Gasteiger partial charge in [0.1, 0.15) is 0 Å². The second-order valence-electron chi connectivity index (χ2n) is 3.78. The van der Waals surface area contributed by atoms with Crippen LogP contribution in [-0.2, 0) is 0 Å². The minimum atomic E-state index is -0.620. The third-order valence-electron chi connectivity index (χ3n) is 2.14. The summed E-state index contributed by atoms with van der Waals surface area (Å²) in [5.41, 5.74) is 0.635. The molecule has 0 aliphatic heterocycles. The zero-order chi connectivity index (χ0) is 11.3. The van der Waals surface area contributed by atoms with Gasteiger partial charge in [0.15, 0.2) is 0 Å². The smallest absolute Gasteiger partial charge is 0.0978 e. The molecular weight excluding hydrogens is 192 g/mol. The van der Waals surface area contributed by atoms with Gasteiger partial charge >= 0.3 is 0 Å². The molecule has 0 heterocycles. The van der Waals surface area contributed by atoms with Gasteiger partial charge in [-0.2, -0.15) is 0 Å². The van der Waals surface area contributed by atoms with Gasteiger partial charge in [0, 0.05) is 11.0 Å². The maximum atomic E-state index is 8.99. The average molecular weight is 206 g/mol. The summed E-state index contributed by atoms with van der Waals surface area (Å²) >= 11 is 0. The van der Waals surface area contributed by atoms with Crippen LogP contribution < -0.4 is 0 Å². The topological polar surface area (TPSA) is 65.2 Å². The molecule has 0 spiro atoms. The van der Waals surface area contributed by atoms with Crippen molar-refractivity contribution >= 4 is 11.9 Å². The van der Waals surface area contributed by atoms with Gasteiger partial charge in [0.25, 0.3) is 0 Å².